The first-order chi connectivity index (χ1) is 6.17. The molecule has 1 rings (SSSR count). The molecule has 0 amide bonds. The molecule has 0 aliphatic heterocycles. The molecule has 0 unspecified atom stereocenters. The summed E-state index contributed by atoms with van der Waals surface area (Å²) in [6.07, 6.45) is 1.01. The van der Waals surface area contributed by atoms with Crippen LogP contribution in [0.1, 0.15) is 25.1 Å². The number of hydrogen-bond donors (Lipinski definition) is 0. The van der Waals surface area contributed by atoms with Gasteiger partial charge in [-0.05, 0) is 38.0 Å². The second-order valence-electron chi connectivity index (χ2n) is 3.36. The number of rotatable bonds is 3. The number of aromatic nitrogens is 1. The van der Waals surface area contributed by atoms with E-state index in [1.807, 2.05) is 0 Å². The third kappa shape index (κ3) is 2.44. The first-order valence-electron chi connectivity index (χ1n) is 4.86. The zero-order valence-electron chi connectivity index (χ0n) is 8.96. The molecule has 0 N–H and O–H groups in total. The fourth-order valence-corrected chi connectivity index (χ4v) is 1.26. The molecule has 0 atom stereocenters. The van der Waals surface area contributed by atoms with Gasteiger partial charge in [0.25, 0.3) is 0 Å². The van der Waals surface area contributed by atoms with Gasteiger partial charge in [-0.25, -0.2) is 4.98 Å². The van der Waals surface area contributed by atoms with Gasteiger partial charge in [0.15, 0.2) is 0 Å². The molecule has 1 aromatic heterocycles. The summed E-state index contributed by atoms with van der Waals surface area (Å²) in [6.45, 7) is 7.39. The standard InChI is InChI=1S/C11H18N2/c1-5-10-7-9(3)8-11(12-10)13(4)6-2/h7-8H,5-6H2,1-4H3. The molecular formula is C11H18N2. The average molecular weight is 178 g/mol. The highest BCUT2D eigenvalue weighted by Crippen LogP contribution is 2.13. The summed E-state index contributed by atoms with van der Waals surface area (Å²) in [5.74, 6) is 1.08. The molecule has 0 radical (unpaired) electrons. The van der Waals surface area contributed by atoms with E-state index in [4.69, 9.17) is 0 Å². The van der Waals surface area contributed by atoms with Crippen LogP contribution in [-0.2, 0) is 6.42 Å². The van der Waals surface area contributed by atoms with Gasteiger partial charge in [-0.1, -0.05) is 6.92 Å². The number of anilines is 1. The lowest BCUT2D eigenvalue weighted by Crippen LogP contribution is -2.17. The Labute approximate surface area is 80.6 Å². The van der Waals surface area contributed by atoms with Crippen LogP contribution < -0.4 is 4.90 Å². The molecule has 0 fully saturated rings. The Morgan fingerprint density at radius 2 is 2.00 bits per heavy atom. The molecule has 72 valence electrons. The van der Waals surface area contributed by atoms with Crippen LogP contribution in [0.5, 0.6) is 0 Å². The maximum atomic E-state index is 4.55. The van der Waals surface area contributed by atoms with E-state index in [0.29, 0.717) is 0 Å². The van der Waals surface area contributed by atoms with Gasteiger partial charge < -0.3 is 4.90 Å². The number of nitrogens with zero attached hydrogens (tertiary/aromatic N) is 2. The lowest BCUT2D eigenvalue weighted by molar-refractivity contribution is 0.912. The van der Waals surface area contributed by atoms with Gasteiger partial charge in [-0.3, -0.25) is 0 Å². The van der Waals surface area contributed by atoms with Crippen molar-refractivity contribution in [2.75, 3.05) is 18.5 Å². The van der Waals surface area contributed by atoms with Crippen molar-refractivity contribution in [1.82, 2.24) is 4.98 Å². The Morgan fingerprint density at radius 3 is 2.54 bits per heavy atom. The summed E-state index contributed by atoms with van der Waals surface area (Å²) >= 11 is 0. The topological polar surface area (TPSA) is 16.1 Å². The fraction of sp³-hybridized carbons (Fsp3) is 0.545. The first-order valence-corrected chi connectivity index (χ1v) is 4.86. The molecule has 0 bridgehead atoms. The second kappa shape index (κ2) is 4.26. The van der Waals surface area contributed by atoms with Gasteiger partial charge in [0.2, 0.25) is 0 Å². The second-order valence-corrected chi connectivity index (χ2v) is 3.36. The maximum absolute atomic E-state index is 4.55. The summed E-state index contributed by atoms with van der Waals surface area (Å²) in [7, 11) is 2.07. The van der Waals surface area contributed by atoms with Crippen LogP contribution >= 0.6 is 0 Å². The maximum Gasteiger partial charge on any atom is 0.128 e. The van der Waals surface area contributed by atoms with Crippen LogP contribution in [0.15, 0.2) is 12.1 Å². The predicted molar refractivity (Wildman–Crippen MR) is 57.3 cm³/mol. The Bertz CT molecular complexity index is 281. The largest absolute Gasteiger partial charge is 0.360 e. The van der Waals surface area contributed by atoms with Crippen molar-refractivity contribution >= 4 is 5.82 Å². The fourth-order valence-electron chi connectivity index (χ4n) is 1.26. The van der Waals surface area contributed by atoms with Crippen molar-refractivity contribution in [2.24, 2.45) is 0 Å². The Balaban J connectivity index is 3.01. The zero-order chi connectivity index (χ0) is 9.84. The minimum atomic E-state index is 1.000. The van der Waals surface area contributed by atoms with E-state index in [0.717, 1.165) is 18.8 Å². The van der Waals surface area contributed by atoms with Gasteiger partial charge in [0.1, 0.15) is 5.82 Å². The molecule has 2 nitrogen and oxygen atoms in total. The summed E-state index contributed by atoms with van der Waals surface area (Å²) in [5, 5.41) is 0. The predicted octanol–water partition coefficient (Wildman–Crippen LogP) is 2.41. The lowest BCUT2D eigenvalue weighted by atomic mass is 10.2. The smallest absolute Gasteiger partial charge is 0.128 e. The van der Waals surface area contributed by atoms with E-state index in [9.17, 15) is 0 Å². The van der Waals surface area contributed by atoms with Crippen molar-refractivity contribution in [1.29, 1.82) is 0 Å². The highest BCUT2D eigenvalue weighted by molar-refractivity contribution is 5.41. The van der Waals surface area contributed by atoms with Crippen molar-refractivity contribution < 1.29 is 0 Å². The van der Waals surface area contributed by atoms with Gasteiger partial charge in [-0.15, -0.1) is 0 Å². The Morgan fingerprint density at radius 1 is 1.31 bits per heavy atom. The van der Waals surface area contributed by atoms with E-state index in [1.165, 1.54) is 11.3 Å². The summed E-state index contributed by atoms with van der Waals surface area (Å²) in [6, 6.07) is 4.27. The molecule has 1 aromatic rings. The number of hydrogen-bond acceptors (Lipinski definition) is 2. The normalized spacial score (nSPS) is 10.2. The third-order valence-corrected chi connectivity index (χ3v) is 2.24. The van der Waals surface area contributed by atoms with Gasteiger partial charge in [0, 0.05) is 19.3 Å². The SMILES string of the molecule is CCc1cc(C)cc(N(C)CC)n1. The van der Waals surface area contributed by atoms with Crippen molar-refractivity contribution in [2.45, 2.75) is 27.2 Å². The van der Waals surface area contributed by atoms with Crippen LogP contribution in [0.25, 0.3) is 0 Å². The number of pyridine rings is 1. The summed E-state index contributed by atoms with van der Waals surface area (Å²) < 4.78 is 0. The van der Waals surface area contributed by atoms with Crippen molar-refractivity contribution in [3.8, 4) is 0 Å². The van der Waals surface area contributed by atoms with Crippen LogP contribution in [0, 0.1) is 6.92 Å². The first kappa shape index (κ1) is 10.0. The Kier molecular flexibility index (Phi) is 3.29. The van der Waals surface area contributed by atoms with Gasteiger partial charge in [-0.2, -0.15) is 0 Å². The molecule has 0 saturated carbocycles. The van der Waals surface area contributed by atoms with E-state index < -0.39 is 0 Å². The van der Waals surface area contributed by atoms with E-state index in [2.05, 4.69) is 49.8 Å². The monoisotopic (exact) mass is 178 g/mol. The minimum Gasteiger partial charge on any atom is -0.360 e. The Hall–Kier alpha value is -1.05. The summed E-state index contributed by atoms with van der Waals surface area (Å²) in [4.78, 5) is 6.71. The van der Waals surface area contributed by atoms with E-state index >= 15 is 0 Å². The van der Waals surface area contributed by atoms with Gasteiger partial charge in [0.05, 0.1) is 0 Å². The van der Waals surface area contributed by atoms with Crippen molar-refractivity contribution in [3.05, 3.63) is 23.4 Å². The molecule has 0 aromatic carbocycles. The highest BCUT2D eigenvalue weighted by Gasteiger charge is 2.02. The quantitative estimate of drug-likeness (QED) is 0.706. The summed E-state index contributed by atoms with van der Waals surface area (Å²) in [5.41, 5.74) is 2.47. The van der Waals surface area contributed by atoms with Crippen LogP contribution in [0.3, 0.4) is 0 Å². The lowest BCUT2D eigenvalue weighted by Gasteiger charge is -2.16. The molecule has 1 heterocycles. The van der Waals surface area contributed by atoms with Crippen LogP contribution in [0.4, 0.5) is 5.82 Å². The molecule has 0 saturated heterocycles. The highest BCUT2D eigenvalue weighted by atomic mass is 15.2. The average Bonchev–Trinajstić information content (AvgIpc) is 2.15. The molecule has 0 aliphatic carbocycles. The molecule has 0 aliphatic rings. The van der Waals surface area contributed by atoms with Crippen molar-refractivity contribution in [3.63, 3.8) is 0 Å². The molecule has 13 heavy (non-hydrogen) atoms. The molecule has 2 heteroatoms. The minimum absolute atomic E-state index is 1.000. The number of aryl methyl sites for hydroxylation is 2. The zero-order valence-corrected chi connectivity index (χ0v) is 8.96. The van der Waals surface area contributed by atoms with Crippen LogP contribution in [0.2, 0.25) is 0 Å². The van der Waals surface area contributed by atoms with Gasteiger partial charge >= 0.3 is 0 Å². The van der Waals surface area contributed by atoms with Crippen LogP contribution in [-0.4, -0.2) is 18.6 Å². The third-order valence-electron chi connectivity index (χ3n) is 2.24. The molecule has 0 spiro atoms. The van der Waals surface area contributed by atoms with E-state index in [1.54, 1.807) is 0 Å². The van der Waals surface area contributed by atoms with E-state index in [-0.39, 0.29) is 0 Å². The molecular weight excluding hydrogens is 160 g/mol.